The van der Waals surface area contributed by atoms with Crippen molar-refractivity contribution < 1.29 is 9.53 Å². The Morgan fingerprint density at radius 3 is 2.30 bits per heavy atom. The van der Waals surface area contributed by atoms with Gasteiger partial charge >= 0.3 is 0 Å². The molecule has 1 fully saturated rings. The molecule has 0 aromatic carbocycles. The zero-order valence-corrected chi connectivity index (χ0v) is 7.25. The first-order valence-electron chi connectivity index (χ1n) is 2.98. The predicted molar refractivity (Wildman–Crippen MR) is 43.9 cm³/mol. The Morgan fingerprint density at radius 2 is 2.00 bits per heavy atom. The molecule has 0 aromatic heterocycles. The molecule has 10 heavy (non-hydrogen) atoms. The second-order valence-electron chi connectivity index (χ2n) is 2.23. The number of rotatable bonds is 3. The molecule has 0 saturated heterocycles. The standard InChI is InChI=1S/C6H10O2.2ClH/c7-5-8-4-6-2-1-3-6;;/h5-6H,1-4H2;2*1H. The summed E-state index contributed by atoms with van der Waals surface area (Å²) in [5, 5.41) is 0. The highest BCUT2D eigenvalue weighted by Crippen LogP contribution is 2.25. The van der Waals surface area contributed by atoms with Crippen LogP contribution in [0.5, 0.6) is 0 Å². The molecule has 1 rings (SSSR count). The molecule has 1 saturated carbocycles. The van der Waals surface area contributed by atoms with E-state index < -0.39 is 0 Å². The lowest BCUT2D eigenvalue weighted by Crippen LogP contribution is -2.16. The van der Waals surface area contributed by atoms with Crippen LogP contribution in [0.4, 0.5) is 0 Å². The normalized spacial score (nSPS) is 15.6. The van der Waals surface area contributed by atoms with Crippen LogP contribution < -0.4 is 0 Å². The molecule has 62 valence electrons. The summed E-state index contributed by atoms with van der Waals surface area (Å²) >= 11 is 0. The predicted octanol–water partition coefficient (Wildman–Crippen LogP) is 1.80. The Kier molecular flexibility index (Phi) is 9.10. The minimum Gasteiger partial charge on any atom is -0.468 e. The quantitative estimate of drug-likeness (QED) is 0.629. The van der Waals surface area contributed by atoms with E-state index in [2.05, 4.69) is 4.74 Å². The summed E-state index contributed by atoms with van der Waals surface area (Å²) in [5.74, 6) is 0.681. The van der Waals surface area contributed by atoms with E-state index in [1.807, 2.05) is 0 Å². The lowest BCUT2D eigenvalue weighted by Gasteiger charge is -2.23. The Balaban J connectivity index is 0. The third-order valence-electron chi connectivity index (χ3n) is 1.62. The second-order valence-corrected chi connectivity index (χ2v) is 2.23. The molecule has 1 aliphatic carbocycles. The molecule has 2 nitrogen and oxygen atoms in total. The Labute approximate surface area is 73.1 Å². The van der Waals surface area contributed by atoms with Crippen molar-refractivity contribution in [3.63, 3.8) is 0 Å². The third-order valence-corrected chi connectivity index (χ3v) is 1.62. The zero-order chi connectivity index (χ0) is 5.82. The molecule has 0 atom stereocenters. The fourth-order valence-electron chi connectivity index (χ4n) is 0.835. The lowest BCUT2D eigenvalue weighted by molar-refractivity contribution is -0.130. The average molecular weight is 187 g/mol. The van der Waals surface area contributed by atoms with E-state index in [1.165, 1.54) is 19.3 Å². The van der Waals surface area contributed by atoms with Crippen molar-refractivity contribution in [3.05, 3.63) is 0 Å². The van der Waals surface area contributed by atoms with Crippen LogP contribution in [0.15, 0.2) is 0 Å². The first-order valence-corrected chi connectivity index (χ1v) is 2.98. The summed E-state index contributed by atoms with van der Waals surface area (Å²) in [7, 11) is 0. The van der Waals surface area contributed by atoms with Crippen LogP contribution in [0.1, 0.15) is 19.3 Å². The Bertz CT molecular complexity index is 83.8. The molecular formula is C6H12Cl2O2. The van der Waals surface area contributed by atoms with Gasteiger partial charge in [0.15, 0.2) is 0 Å². The smallest absolute Gasteiger partial charge is 0.293 e. The van der Waals surface area contributed by atoms with Crippen molar-refractivity contribution >= 4 is 31.3 Å². The highest BCUT2D eigenvalue weighted by molar-refractivity contribution is 5.85. The highest BCUT2D eigenvalue weighted by atomic mass is 35.5. The van der Waals surface area contributed by atoms with Crippen molar-refractivity contribution in [1.29, 1.82) is 0 Å². The van der Waals surface area contributed by atoms with E-state index in [1.54, 1.807) is 0 Å². The first kappa shape index (κ1) is 12.7. The fourth-order valence-corrected chi connectivity index (χ4v) is 0.835. The van der Waals surface area contributed by atoms with E-state index in [9.17, 15) is 4.79 Å². The SMILES string of the molecule is Cl.Cl.O=COCC1CCC1. The van der Waals surface area contributed by atoms with Gasteiger partial charge in [-0.25, -0.2) is 0 Å². The van der Waals surface area contributed by atoms with Gasteiger partial charge in [0.1, 0.15) is 0 Å². The number of carbonyl (C=O) groups excluding carboxylic acids is 1. The zero-order valence-electron chi connectivity index (χ0n) is 5.62. The van der Waals surface area contributed by atoms with Gasteiger partial charge in [-0.05, 0) is 18.8 Å². The van der Waals surface area contributed by atoms with Gasteiger partial charge in [0.25, 0.3) is 6.47 Å². The number of hydrogen-bond donors (Lipinski definition) is 0. The molecule has 0 unspecified atom stereocenters. The third kappa shape index (κ3) is 3.96. The van der Waals surface area contributed by atoms with Gasteiger partial charge in [-0.1, -0.05) is 6.42 Å². The molecule has 0 radical (unpaired) electrons. The maximum absolute atomic E-state index is 9.63. The van der Waals surface area contributed by atoms with Crippen LogP contribution in [0.25, 0.3) is 0 Å². The van der Waals surface area contributed by atoms with Gasteiger partial charge in [0.2, 0.25) is 0 Å². The number of ether oxygens (including phenoxy) is 1. The van der Waals surface area contributed by atoms with Gasteiger partial charge in [0, 0.05) is 0 Å². The average Bonchev–Trinajstić information content (AvgIpc) is 1.63. The maximum atomic E-state index is 9.63. The number of carbonyl (C=O) groups is 1. The summed E-state index contributed by atoms with van der Waals surface area (Å²) < 4.78 is 4.56. The van der Waals surface area contributed by atoms with Crippen molar-refractivity contribution in [3.8, 4) is 0 Å². The van der Waals surface area contributed by atoms with E-state index in [0.717, 1.165) is 0 Å². The summed E-state index contributed by atoms with van der Waals surface area (Å²) in [6.45, 7) is 1.17. The summed E-state index contributed by atoms with van der Waals surface area (Å²) in [6.07, 6.45) is 3.80. The van der Waals surface area contributed by atoms with Crippen LogP contribution in [-0.4, -0.2) is 13.1 Å². The molecule has 0 aliphatic heterocycles. The number of halogens is 2. The highest BCUT2D eigenvalue weighted by Gasteiger charge is 2.16. The topological polar surface area (TPSA) is 26.3 Å². The summed E-state index contributed by atoms with van der Waals surface area (Å²) in [4.78, 5) is 9.63. The van der Waals surface area contributed by atoms with Crippen molar-refractivity contribution in [2.75, 3.05) is 6.61 Å². The molecule has 0 N–H and O–H groups in total. The molecule has 0 spiro atoms. The molecule has 0 bridgehead atoms. The minimum atomic E-state index is 0. The van der Waals surface area contributed by atoms with Gasteiger partial charge < -0.3 is 4.74 Å². The Morgan fingerprint density at radius 1 is 1.40 bits per heavy atom. The van der Waals surface area contributed by atoms with Gasteiger partial charge in [-0.15, -0.1) is 24.8 Å². The number of hydrogen-bond acceptors (Lipinski definition) is 2. The summed E-state index contributed by atoms with van der Waals surface area (Å²) in [6, 6.07) is 0. The lowest BCUT2D eigenvalue weighted by atomic mass is 9.86. The molecular weight excluding hydrogens is 175 g/mol. The van der Waals surface area contributed by atoms with Crippen molar-refractivity contribution in [1.82, 2.24) is 0 Å². The Hall–Kier alpha value is 0.0500. The van der Waals surface area contributed by atoms with Crippen LogP contribution in [-0.2, 0) is 9.53 Å². The monoisotopic (exact) mass is 186 g/mol. The van der Waals surface area contributed by atoms with Gasteiger partial charge in [-0.2, -0.15) is 0 Å². The van der Waals surface area contributed by atoms with Gasteiger partial charge in [0.05, 0.1) is 6.61 Å². The van der Waals surface area contributed by atoms with E-state index in [4.69, 9.17) is 0 Å². The molecule has 0 amide bonds. The molecule has 4 heteroatoms. The second kappa shape index (κ2) is 7.16. The van der Waals surface area contributed by atoms with E-state index in [-0.39, 0.29) is 24.8 Å². The van der Waals surface area contributed by atoms with Crippen molar-refractivity contribution in [2.24, 2.45) is 5.92 Å². The fraction of sp³-hybridized carbons (Fsp3) is 0.833. The molecule has 0 heterocycles. The van der Waals surface area contributed by atoms with Crippen LogP contribution in [0.2, 0.25) is 0 Å². The van der Waals surface area contributed by atoms with E-state index in [0.29, 0.717) is 19.0 Å². The first-order chi connectivity index (χ1) is 3.93. The van der Waals surface area contributed by atoms with Crippen molar-refractivity contribution in [2.45, 2.75) is 19.3 Å². The molecule has 1 aliphatic rings. The van der Waals surface area contributed by atoms with Crippen LogP contribution >= 0.6 is 24.8 Å². The van der Waals surface area contributed by atoms with Gasteiger partial charge in [-0.3, -0.25) is 4.79 Å². The largest absolute Gasteiger partial charge is 0.468 e. The van der Waals surface area contributed by atoms with Crippen LogP contribution in [0.3, 0.4) is 0 Å². The molecule has 0 aromatic rings. The maximum Gasteiger partial charge on any atom is 0.293 e. The summed E-state index contributed by atoms with van der Waals surface area (Å²) in [5.41, 5.74) is 0. The van der Waals surface area contributed by atoms with E-state index >= 15 is 0 Å². The van der Waals surface area contributed by atoms with Crippen LogP contribution in [0, 0.1) is 5.92 Å². The minimum absolute atomic E-state index is 0.